The molecule has 0 aromatic heterocycles. The van der Waals surface area contributed by atoms with E-state index in [1.54, 1.807) is 0 Å². The third-order valence-electron chi connectivity index (χ3n) is 3.88. The van der Waals surface area contributed by atoms with Crippen molar-refractivity contribution < 1.29 is 4.84 Å². The smallest absolute Gasteiger partial charge is 0.147 e. The number of nitrogens with zero attached hydrogens (tertiary/aromatic N) is 1. The predicted octanol–water partition coefficient (Wildman–Crippen LogP) is 3.76. The van der Waals surface area contributed by atoms with Crippen LogP contribution in [0.2, 0.25) is 0 Å². The lowest BCUT2D eigenvalue weighted by Gasteiger charge is -2.30. The first-order chi connectivity index (χ1) is 10.4. The minimum absolute atomic E-state index is 0.710. The molecule has 1 aliphatic heterocycles. The van der Waals surface area contributed by atoms with Gasteiger partial charge in [0.1, 0.15) is 5.75 Å². The quantitative estimate of drug-likeness (QED) is 0.845. The highest BCUT2D eigenvalue weighted by atomic mass is 16.6. The summed E-state index contributed by atoms with van der Waals surface area (Å²) >= 11 is 0. The second-order valence-electron chi connectivity index (χ2n) is 5.41. The molecule has 0 unspecified atom stereocenters. The van der Waals surface area contributed by atoms with E-state index in [9.17, 15) is 0 Å². The van der Waals surface area contributed by atoms with Crippen LogP contribution in [0, 0.1) is 0 Å². The van der Waals surface area contributed by atoms with Crippen molar-refractivity contribution in [3.63, 3.8) is 0 Å². The van der Waals surface area contributed by atoms with Crippen molar-refractivity contribution >= 4 is 5.69 Å². The molecule has 0 spiro atoms. The van der Waals surface area contributed by atoms with E-state index in [2.05, 4.69) is 34.6 Å². The maximum absolute atomic E-state index is 5.58. The fourth-order valence-corrected chi connectivity index (χ4v) is 2.79. The van der Waals surface area contributed by atoms with Crippen molar-refractivity contribution in [2.45, 2.75) is 25.8 Å². The lowest BCUT2D eigenvalue weighted by Crippen LogP contribution is -2.31. The zero-order valence-corrected chi connectivity index (χ0v) is 12.3. The lowest BCUT2D eigenvalue weighted by molar-refractivity contribution is 0.191. The predicted molar refractivity (Wildman–Crippen MR) is 86.4 cm³/mol. The molecular weight excluding hydrogens is 260 g/mol. The molecule has 1 heterocycles. The molecule has 110 valence electrons. The van der Waals surface area contributed by atoms with Crippen molar-refractivity contribution in [1.82, 2.24) is 5.48 Å². The van der Waals surface area contributed by atoms with Gasteiger partial charge in [-0.15, -0.1) is 0 Å². The van der Waals surface area contributed by atoms with Crippen molar-refractivity contribution in [1.29, 1.82) is 0 Å². The van der Waals surface area contributed by atoms with Crippen molar-refractivity contribution in [3.05, 3.63) is 60.2 Å². The number of hydrogen-bond donors (Lipinski definition) is 1. The summed E-state index contributed by atoms with van der Waals surface area (Å²) in [5.74, 6) is 0.841. The topological polar surface area (TPSA) is 24.5 Å². The first kappa shape index (κ1) is 14.0. The Bertz CT molecular complexity index is 550. The number of nitrogens with one attached hydrogen (secondary N) is 1. The van der Waals surface area contributed by atoms with E-state index in [0.717, 1.165) is 18.8 Å². The maximum Gasteiger partial charge on any atom is 0.147 e. The molecule has 3 nitrogen and oxygen atoms in total. The van der Waals surface area contributed by atoms with Gasteiger partial charge in [0, 0.05) is 18.8 Å². The van der Waals surface area contributed by atoms with Crippen LogP contribution >= 0.6 is 0 Å². The molecule has 21 heavy (non-hydrogen) atoms. The standard InChI is InChI=1S/C18H22N2O/c1-3-10-17(11-4-1)21-19-15-16-9-5-6-12-18(16)20-13-7-2-8-14-20/h1,3-6,9-12,19H,2,7-8,13-15H2. The van der Waals surface area contributed by atoms with Crippen molar-refractivity contribution in [2.24, 2.45) is 0 Å². The summed E-state index contributed by atoms with van der Waals surface area (Å²) in [7, 11) is 0. The molecule has 1 saturated heterocycles. The summed E-state index contributed by atoms with van der Waals surface area (Å²) in [4.78, 5) is 8.07. The van der Waals surface area contributed by atoms with E-state index in [1.807, 2.05) is 30.3 Å². The fraction of sp³-hybridized carbons (Fsp3) is 0.333. The van der Waals surface area contributed by atoms with Gasteiger partial charge in [0.25, 0.3) is 0 Å². The van der Waals surface area contributed by atoms with E-state index in [4.69, 9.17) is 4.84 Å². The Morgan fingerprint density at radius 1 is 0.857 bits per heavy atom. The minimum atomic E-state index is 0.710. The van der Waals surface area contributed by atoms with E-state index in [1.165, 1.54) is 30.5 Å². The molecule has 0 amide bonds. The summed E-state index contributed by atoms with van der Waals surface area (Å²) in [5.41, 5.74) is 5.69. The molecule has 0 atom stereocenters. The van der Waals surface area contributed by atoms with Crippen LogP contribution in [0.25, 0.3) is 0 Å². The molecule has 3 heteroatoms. The number of rotatable bonds is 5. The monoisotopic (exact) mass is 282 g/mol. The maximum atomic E-state index is 5.58. The summed E-state index contributed by atoms with van der Waals surface area (Å²) in [6.07, 6.45) is 3.94. The molecular formula is C18H22N2O. The van der Waals surface area contributed by atoms with Crippen LogP contribution < -0.4 is 15.2 Å². The largest absolute Gasteiger partial charge is 0.408 e. The van der Waals surface area contributed by atoms with E-state index >= 15 is 0 Å². The minimum Gasteiger partial charge on any atom is -0.408 e. The Morgan fingerprint density at radius 2 is 1.57 bits per heavy atom. The van der Waals surface area contributed by atoms with Gasteiger partial charge in [-0.25, -0.2) is 0 Å². The fourth-order valence-electron chi connectivity index (χ4n) is 2.79. The molecule has 0 aliphatic carbocycles. The van der Waals surface area contributed by atoms with Gasteiger partial charge in [0.05, 0.1) is 6.54 Å². The van der Waals surface area contributed by atoms with Crippen LogP contribution in [0.3, 0.4) is 0 Å². The van der Waals surface area contributed by atoms with Gasteiger partial charge in [-0.05, 0) is 43.0 Å². The zero-order valence-electron chi connectivity index (χ0n) is 12.3. The van der Waals surface area contributed by atoms with E-state index in [0.29, 0.717) is 6.54 Å². The number of para-hydroxylation sites is 2. The molecule has 0 bridgehead atoms. The number of hydroxylamine groups is 1. The highest BCUT2D eigenvalue weighted by Gasteiger charge is 2.13. The average Bonchev–Trinajstić information content (AvgIpc) is 2.57. The number of hydrogen-bond acceptors (Lipinski definition) is 3. The molecule has 1 fully saturated rings. The Labute approximate surface area is 126 Å². The van der Waals surface area contributed by atoms with Gasteiger partial charge in [-0.1, -0.05) is 36.4 Å². The van der Waals surface area contributed by atoms with Crippen LogP contribution in [0.15, 0.2) is 54.6 Å². The van der Waals surface area contributed by atoms with Crippen LogP contribution in [0.4, 0.5) is 5.69 Å². The third kappa shape index (κ3) is 3.76. The lowest BCUT2D eigenvalue weighted by atomic mass is 10.1. The van der Waals surface area contributed by atoms with Gasteiger partial charge in [0.15, 0.2) is 0 Å². The molecule has 2 aromatic rings. The Morgan fingerprint density at radius 3 is 2.38 bits per heavy atom. The Kier molecular flexibility index (Phi) is 4.74. The number of piperidine rings is 1. The second-order valence-corrected chi connectivity index (χ2v) is 5.41. The molecule has 0 saturated carbocycles. The first-order valence-corrected chi connectivity index (χ1v) is 7.71. The Hall–Kier alpha value is -2.00. The third-order valence-corrected chi connectivity index (χ3v) is 3.88. The highest BCUT2D eigenvalue weighted by Crippen LogP contribution is 2.24. The van der Waals surface area contributed by atoms with E-state index < -0.39 is 0 Å². The van der Waals surface area contributed by atoms with E-state index in [-0.39, 0.29) is 0 Å². The normalized spacial score (nSPS) is 15.0. The average molecular weight is 282 g/mol. The number of anilines is 1. The van der Waals surface area contributed by atoms with Crippen molar-refractivity contribution in [2.75, 3.05) is 18.0 Å². The molecule has 0 radical (unpaired) electrons. The zero-order chi connectivity index (χ0) is 14.3. The summed E-state index contributed by atoms with van der Waals surface area (Å²) in [6, 6.07) is 18.4. The molecule has 2 aromatic carbocycles. The molecule has 1 aliphatic rings. The van der Waals surface area contributed by atoms with Crippen LogP contribution in [-0.2, 0) is 6.54 Å². The summed E-state index contributed by atoms with van der Waals surface area (Å²) in [5, 5.41) is 0. The van der Waals surface area contributed by atoms with Crippen LogP contribution in [0.5, 0.6) is 5.75 Å². The SMILES string of the molecule is c1ccc(ONCc2ccccc2N2CCCCC2)cc1. The van der Waals surface area contributed by atoms with Gasteiger partial charge in [0.2, 0.25) is 0 Å². The van der Waals surface area contributed by atoms with Gasteiger partial charge >= 0.3 is 0 Å². The highest BCUT2D eigenvalue weighted by molar-refractivity contribution is 5.53. The summed E-state index contributed by atoms with van der Waals surface area (Å²) < 4.78 is 0. The number of benzene rings is 2. The van der Waals surface area contributed by atoms with Gasteiger partial charge in [-0.3, -0.25) is 0 Å². The van der Waals surface area contributed by atoms with Crippen LogP contribution in [0.1, 0.15) is 24.8 Å². The molecule has 3 rings (SSSR count). The van der Waals surface area contributed by atoms with Gasteiger partial charge in [-0.2, -0.15) is 5.48 Å². The molecule has 1 N–H and O–H groups in total. The first-order valence-electron chi connectivity index (χ1n) is 7.71. The van der Waals surface area contributed by atoms with Crippen LogP contribution in [-0.4, -0.2) is 13.1 Å². The van der Waals surface area contributed by atoms with Crippen molar-refractivity contribution in [3.8, 4) is 5.75 Å². The van der Waals surface area contributed by atoms with Gasteiger partial charge < -0.3 is 9.74 Å². The summed E-state index contributed by atoms with van der Waals surface area (Å²) in [6.45, 7) is 3.04. The second kappa shape index (κ2) is 7.14. The Balaban J connectivity index is 1.62.